The van der Waals surface area contributed by atoms with E-state index in [4.69, 9.17) is 0 Å². The predicted molar refractivity (Wildman–Crippen MR) is 170 cm³/mol. The van der Waals surface area contributed by atoms with E-state index in [1.54, 1.807) is 0 Å². The summed E-state index contributed by atoms with van der Waals surface area (Å²) >= 11 is 1.97. The lowest BCUT2D eigenvalue weighted by molar-refractivity contribution is 1.01. The molecule has 0 unspecified atom stereocenters. The van der Waals surface area contributed by atoms with Gasteiger partial charge in [-0.25, -0.2) is 0 Å². The molecule has 0 radical (unpaired) electrons. The first-order valence-corrected chi connectivity index (χ1v) is 14.8. The molecule has 0 saturated carbocycles. The van der Waals surface area contributed by atoms with Gasteiger partial charge in [-0.2, -0.15) is 0 Å². The Morgan fingerprint density at radius 2 is 1.13 bits per heavy atom. The summed E-state index contributed by atoms with van der Waals surface area (Å²) in [4.78, 5) is 1.44. The topological polar surface area (TPSA) is 0 Å². The van der Waals surface area contributed by atoms with Crippen LogP contribution in [0.4, 0.5) is 0 Å². The van der Waals surface area contributed by atoms with Gasteiger partial charge in [-0.1, -0.05) is 115 Å². The average Bonchev–Trinajstić information content (AvgIpc) is 3.39. The number of aryl methyl sites for hydroxylation is 1. The van der Waals surface area contributed by atoms with Crippen LogP contribution in [-0.4, -0.2) is 0 Å². The van der Waals surface area contributed by atoms with E-state index in [1.165, 1.54) is 75.1 Å². The molecule has 0 atom stereocenters. The molecule has 0 bridgehead atoms. The van der Waals surface area contributed by atoms with Gasteiger partial charge in [0.15, 0.2) is 0 Å². The van der Waals surface area contributed by atoms with Crippen LogP contribution in [0.25, 0.3) is 72.5 Å². The zero-order valence-corrected chi connectivity index (χ0v) is 22.6. The van der Waals surface area contributed by atoms with Gasteiger partial charge in [0.1, 0.15) is 0 Å². The third-order valence-corrected chi connectivity index (χ3v) is 9.63. The normalized spacial score (nSPS) is 14.1. The van der Waals surface area contributed by atoms with Gasteiger partial charge in [0, 0.05) is 15.1 Å². The molecule has 5 aromatic carbocycles. The Morgan fingerprint density at radius 1 is 0.513 bits per heavy atom. The van der Waals surface area contributed by atoms with Crippen LogP contribution < -0.4 is 10.4 Å². The molecule has 2 aliphatic carbocycles. The Balaban J connectivity index is 1.51. The lowest BCUT2D eigenvalue weighted by Gasteiger charge is -2.20. The lowest BCUT2D eigenvalue weighted by Crippen LogP contribution is -2.31. The summed E-state index contributed by atoms with van der Waals surface area (Å²) < 4.78 is 1.43. The lowest BCUT2D eigenvalue weighted by atomic mass is 9.84. The van der Waals surface area contributed by atoms with E-state index in [1.807, 2.05) is 11.3 Å². The largest absolute Gasteiger partial charge is 0.135 e. The van der Waals surface area contributed by atoms with Crippen LogP contribution in [0.15, 0.2) is 103 Å². The summed E-state index contributed by atoms with van der Waals surface area (Å²) in [5.41, 5.74) is 9.52. The molecule has 2 aliphatic rings. The SMILES string of the molecule is C1=Cc2sc3c(-c4c5c(c(-c6ccccc6-c6ccccc6)c6ccccc46)=CCCC=5)cccc3c2CC1. The van der Waals surface area contributed by atoms with Crippen molar-refractivity contribution in [3.8, 4) is 33.4 Å². The van der Waals surface area contributed by atoms with Crippen molar-refractivity contribution in [2.24, 2.45) is 0 Å². The van der Waals surface area contributed by atoms with Crippen molar-refractivity contribution in [1.29, 1.82) is 0 Å². The van der Waals surface area contributed by atoms with Gasteiger partial charge in [-0.05, 0) is 91.7 Å². The number of rotatable bonds is 3. The van der Waals surface area contributed by atoms with Gasteiger partial charge in [0.2, 0.25) is 0 Å². The molecule has 0 N–H and O–H groups in total. The third-order valence-electron chi connectivity index (χ3n) is 8.39. The first-order chi connectivity index (χ1) is 19.4. The Hall–Kier alpha value is -4.20. The van der Waals surface area contributed by atoms with Crippen LogP contribution in [0.1, 0.15) is 29.7 Å². The van der Waals surface area contributed by atoms with E-state index in [-0.39, 0.29) is 0 Å². The van der Waals surface area contributed by atoms with Crippen molar-refractivity contribution in [2.45, 2.75) is 25.7 Å². The summed E-state index contributed by atoms with van der Waals surface area (Å²) in [5, 5.41) is 6.89. The van der Waals surface area contributed by atoms with E-state index in [2.05, 4.69) is 121 Å². The number of allylic oxidation sites excluding steroid dienone is 1. The maximum absolute atomic E-state index is 2.50. The summed E-state index contributed by atoms with van der Waals surface area (Å²) in [6, 6.07) is 35.8. The second-order valence-corrected chi connectivity index (χ2v) is 11.6. The molecule has 186 valence electrons. The Labute approximate surface area is 232 Å². The molecule has 0 nitrogen and oxygen atoms in total. The quantitative estimate of drug-likeness (QED) is 0.220. The molecule has 1 heteroatoms. The molecule has 1 aromatic heterocycles. The molecule has 8 rings (SSSR count). The first kappa shape index (κ1) is 22.8. The number of thiophene rings is 1. The maximum atomic E-state index is 2.50. The minimum absolute atomic E-state index is 1.08. The fourth-order valence-electron chi connectivity index (χ4n) is 6.71. The fourth-order valence-corrected chi connectivity index (χ4v) is 8.01. The number of hydrogen-bond acceptors (Lipinski definition) is 1. The van der Waals surface area contributed by atoms with Crippen molar-refractivity contribution in [2.75, 3.05) is 0 Å². The van der Waals surface area contributed by atoms with Gasteiger partial charge in [0.25, 0.3) is 0 Å². The highest BCUT2D eigenvalue weighted by atomic mass is 32.1. The molecule has 1 heterocycles. The molecule has 0 spiro atoms. The van der Waals surface area contributed by atoms with E-state index >= 15 is 0 Å². The molecule has 0 saturated heterocycles. The smallest absolute Gasteiger partial charge is 0.0430 e. The van der Waals surface area contributed by atoms with E-state index in [0.717, 1.165) is 25.7 Å². The van der Waals surface area contributed by atoms with Gasteiger partial charge >= 0.3 is 0 Å². The molecule has 0 aliphatic heterocycles. The highest BCUT2D eigenvalue weighted by Gasteiger charge is 2.21. The van der Waals surface area contributed by atoms with Crippen LogP contribution >= 0.6 is 11.3 Å². The standard InChI is InChI=1S/C38H28S/c1-2-13-25(14-3-1)26-15-4-5-17-28(26)36-29-18-6-8-20-31(29)37(32-21-9-7-19-30(32)36)34-23-12-22-33-27-16-10-11-24-35(27)39-38(33)34/h1-6,8,11-15,17-24H,7,9-10,16H2. The molecule has 39 heavy (non-hydrogen) atoms. The van der Waals surface area contributed by atoms with Crippen LogP contribution in [0.3, 0.4) is 0 Å². The third kappa shape index (κ3) is 3.57. The van der Waals surface area contributed by atoms with Crippen molar-refractivity contribution in [3.05, 3.63) is 124 Å². The van der Waals surface area contributed by atoms with Crippen molar-refractivity contribution >= 4 is 50.4 Å². The predicted octanol–water partition coefficient (Wildman–Crippen LogP) is 9.37. The first-order valence-electron chi connectivity index (χ1n) is 14.0. The van der Waals surface area contributed by atoms with Crippen molar-refractivity contribution in [1.82, 2.24) is 0 Å². The number of hydrogen-bond donors (Lipinski definition) is 0. The van der Waals surface area contributed by atoms with Gasteiger partial charge < -0.3 is 0 Å². The van der Waals surface area contributed by atoms with Crippen LogP contribution in [-0.2, 0) is 6.42 Å². The Bertz CT molecular complexity index is 2050. The number of benzene rings is 5. The fraction of sp³-hybridized carbons (Fsp3) is 0.105. The van der Waals surface area contributed by atoms with Crippen molar-refractivity contribution in [3.63, 3.8) is 0 Å². The van der Waals surface area contributed by atoms with E-state index < -0.39 is 0 Å². The Kier molecular flexibility index (Phi) is 5.38. The minimum atomic E-state index is 1.08. The Morgan fingerprint density at radius 3 is 1.90 bits per heavy atom. The van der Waals surface area contributed by atoms with Gasteiger partial charge in [0.05, 0.1) is 0 Å². The molecule has 0 amide bonds. The minimum Gasteiger partial charge on any atom is -0.135 e. The molecular formula is C38H28S. The van der Waals surface area contributed by atoms with E-state index in [0.29, 0.717) is 0 Å². The maximum Gasteiger partial charge on any atom is 0.0430 e. The zero-order valence-electron chi connectivity index (χ0n) is 21.8. The monoisotopic (exact) mass is 516 g/mol. The average molecular weight is 517 g/mol. The summed E-state index contributed by atoms with van der Waals surface area (Å²) in [5.74, 6) is 0. The summed E-state index contributed by atoms with van der Waals surface area (Å²) in [6.07, 6.45) is 14.1. The number of fused-ring (bicyclic) bond motifs is 5. The molecular weight excluding hydrogens is 488 g/mol. The van der Waals surface area contributed by atoms with Crippen LogP contribution in [0.2, 0.25) is 0 Å². The van der Waals surface area contributed by atoms with Crippen LogP contribution in [0, 0.1) is 0 Å². The van der Waals surface area contributed by atoms with Crippen LogP contribution in [0.5, 0.6) is 0 Å². The summed E-state index contributed by atoms with van der Waals surface area (Å²) in [6.45, 7) is 0. The highest BCUT2D eigenvalue weighted by molar-refractivity contribution is 7.20. The zero-order chi connectivity index (χ0) is 25.8. The second kappa shape index (κ2) is 9.22. The van der Waals surface area contributed by atoms with Crippen molar-refractivity contribution < 1.29 is 0 Å². The molecule has 0 fully saturated rings. The van der Waals surface area contributed by atoms with E-state index in [9.17, 15) is 0 Å². The summed E-state index contributed by atoms with van der Waals surface area (Å²) in [7, 11) is 0. The molecule has 6 aromatic rings. The highest BCUT2D eigenvalue weighted by Crippen LogP contribution is 2.43. The van der Waals surface area contributed by atoms with Gasteiger partial charge in [-0.15, -0.1) is 11.3 Å². The van der Waals surface area contributed by atoms with Gasteiger partial charge in [-0.3, -0.25) is 0 Å². The second-order valence-electron chi connectivity index (χ2n) is 10.6.